The Bertz CT molecular complexity index is 674. The third kappa shape index (κ3) is 3.70. The maximum Gasteiger partial charge on any atom is 0.251 e. The van der Waals surface area contributed by atoms with Crippen molar-refractivity contribution in [2.45, 2.75) is 27.3 Å². The zero-order chi connectivity index (χ0) is 15.6. The monoisotopic (exact) mass is 349 g/mol. The van der Waals surface area contributed by atoms with Crippen molar-refractivity contribution in [1.29, 1.82) is 0 Å². The number of halogens is 2. The van der Waals surface area contributed by atoms with Gasteiger partial charge in [0.2, 0.25) is 0 Å². The molecule has 21 heavy (non-hydrogen) atoms. The molecular weight excluding hydrogens is 333 g/mol. The number of aryl methyl sites for hydroxylation is 3. The van der Waals surface area contributed by atoms with Gasteiger partial charge in [0.05, 0.1) is 0 Å². The van der Waals surface area contributed by atoms with Crippen molar-refractivity contribution >= 4 is 21.8 Å². The van der Waals surface area contributed by atoms with Crippen LogP contribution in [0, 0.1) is 26.6 Å². The second-order valence-electron chi connectivity index (χ2n) is 5.19. The van der Waals surface area contributed by atoms with Crippen molar-refractivity contribution in [2.75, 3.05) is 0 Å². The van der Waals surface area contributed by atoms with E-state index in [0.29, 0.717) is 23.2 Å². The summed E-state index contributed by atoms with van der Waals surface area (Å²) >= 11 is 3.37. The van der Waals surface area contributed by atoms with E-state index in [9.17, 15) is 9.18 Å². The zero-order valence-corrected chi connectivity index (χ0v) is 13.8. The van der Waals surface area contributed by atoms with Crippen LogP contribution < -0.4 is 5.32 Å². The van der Waals surface area contributed by atoms with Crippen LogP contribution in [-0.4, -0.2) is 5.91 Å². The molecule has 2 nitrogen and oxygen atoms in total. The molecule has 0 aliphatic carbocycles. The first-order chi connectivity index (χ1) is 9.88. The number of rotatable bonds is 3. The molecule has 0 radical (unpaired) electrons. The maximum absolute atomic E-state index is 13.6. The van der Waals surface area contributed by atoms with E-state index in [0.717, 1.165) is 15.6 Å². The van der Waals surface area contributed by atoms with Crippen LogP contribution in [0.5, 0.6) is 0 Å². The first-order valence-corrected chi connectivity index (χ1v) is 7.47. The molecule has 1 amide bonds. The van der Waals surface area contributed by atoms with Gasteiger partial charge in [0.15, 0.2) is 0 Å². The van der Waals surface area contributed by atoms with Gasteiger partial charge < -0.3 is 5.32 Å². The molecule has 0 unspecified atom stereocenters. The van der Waals surface area contributed by atoms with E-state index in [-0.39, 0.29) is 11.7 Å². The summed E-state index contributed by atoms with van der Waals surface area (Å²) in [5.41, 5.74) is 3.64. The molecular formula is C17H17BrFNO. The number of carbonyl (C=O) groups is 1. The fraction of sp³-hybridized carbons (Fsp3) is 0.235. The number of carbonyl (C=O) groups excluding carboxylic acids is 1. The van der Waals surface area contributed by atoms with Gasteiger partial charge in [-0.05, 0) is 55.2 Å². The molecule has 0 fully saturated rings. The minimum absolute atomic E-state index is 0.131. The van der Waals surface area contributed by atoms with Gasteiger partial charge in [0.25, 0.3) is 5.91 Å². The lowest BCUT2D eigenvalue weighted by Gasteiger charge is -2.10. The lowest BCUT2D eigenvalue weighted by molar-refractivity contribution is 0.0950. The number of hydrogen-bond acceptors (Lipinski definition) is 1. The van der Waals surface area contributed by atoms with Crippen molar-refractivity contribution in [2.24, 2.45) is 0 Å². The molecule has 0 heterocycles. The van der Waals surface area contributed by atoms with Crippen molar-refractivity contribution in [3.8, 4) is 0 Å². The Morgan fingerprint density at radius 2 is 1.71 bits per heavy atom. The van der Waals surface area contributed by atoms with Gasteiger partial charge in [0, 0.05) is 16.6 Å². The summed E-state index contributed by atoms with van der Waals surface area (Å²) in [6.07, 6.45) is 0. The summed E-state index contributed by atoms with van der Waals surface area (Å²) in [5.74, 6) is -0.318. The van der Waals surface area contributed by atoms with Crippen LogP contribution >= 0.6 is 15.9 Å². The predicted molar refractivity (Wildman–Crippen MR) is 85.9 cm³/mol. The third-order valence-corrected chi connectivity index (χ3v) is 3.89. The first kappa shape index (κ1) is 15.7. The van der Waals surface area contributed by atoms with Crippen molar-refractivity contribution in [3.05, 3.63) is 68.4 Å². The summed E-state index contributed by atoms with van der Waals surface area (Å²) in [4.78, 5) is 12.2. The summed E-state index contributed by atoms with van der Waals surface area (Å²) in [6.45, 7) is 5.73. The average Bonchev–Trinajstić information content (AvgIpc) is 2.44. The van der Waals surface area contributed by atoms with E-state index in [2.05, 4.69) is 21.2 Å². The smallest absolute Gasteiger partial charge is 0.251 e. The zero-order valence-electron chi connectivity index (χ0n) is 12.3. The molecule has 4 heteroatoms. The highest BCUT2D eigenvalue weighted by Crippen LogP contribution is 2.17. The molecule has 0 saturated carbocycles. The van der Waals surface area contributed by atoms with Crippen LogP contribution in [0.3, 0.4) is 0 Å². The summed E-state index contributed by atoms with van der Waals surface area (Å²) < 4.78 is 14.4. The van der Waals surface area contributed by atoms with E-state index < -0.39 is 0 Å². The topological polar surface area (TPSA) is 29.1 Å². The molecule has 2 rings (SSSR count). The maximum atomic E-state index is 13.6. The van der Waals surface area contributed by atoms with Crippen LogP contribution in [0.2, 0.25) is 0 Å². The number of amides is 1. The van der Waals surface area contributed by atoms with Crippen molar-refractivity contribution < 1.29 is 9.18 Å². The lowest BCUT2D eigenvalue weighted by atomic mass is 10.1. The largest absolute Gasteiger partial charge is 0.348 e. The second kappa shape index (κ2) is 6.39. The molecule has 110 valence electrons. The summed E-state index contributed by atoms with van der Waals surface area (Å²) in [5, 5.41) is 2.87. The van der Waals surface area contributed by atoms with Crippen LogP contribution in [0.4, 0.5) is 4.39 Å². The Morgan fingerprint density at radius 3 is 2.33 bits per heavy atom. The SMILES string of the molecule is Cc1ccc(Br)cc1C(=O)NCc1cc(C)c(F)c(C)c1. The molecule has 2 aromatic rings. The van der Waals surface area contributed by atoms with Gasteiger partial charge >= 0.3 is 0 Å². The molecule has 2 aromatic carbocycles. The lowest BCUT2D eigenvalue weighted by Crippen LogP contribution is -2.23. The Balaban J connectivity index is 2.13. The van der Waals surface area contributed by atoms with E-state index in [1.165, 1.54) is 0 Å². The Labute approximate surface area is 132 Å². The first-order valence-electron chi connectivity index (χ1n) is 6.68. The number of benzene rings is 2. The fourth-order valence-corrected chi connectivity index (χ4v) is 2.62. The van der Waals surface area contributed by atoms with Gasteiger partial charge in [-0.3, -0.25) is 4.79 Å². The average molecular weight is 350 g/mol. The highest BCUT2D eigenvalue weighted by Gasteiger charge is 2.10. The van der Waals surface area contributed by atoms with Crippen molar-refractivity contribution in [1.82, 2.24) is 5.32 Å². The van der Waals surface area contributed by atoms with E-state index >= 15 is 0 Å². The van der Waals surface area contributed by atoms with Crippen LogP contribution in [0.15, 0.2) is 34.8 Å². The molecule has 1 N–H and O–H groups in total. The Hall–Kier alpha value is -1.68. The standard InChI is InChI=1S/C17H17BrFNO/c1-10-4-5-14(18)8-15(10)17(21)20-9-13-6-11(2)16(19)12(3)7-13/h4-8H,9H2,1-3H3,(H,20,21). The molecule has 0 aliphatic heterocycles. The van der Waals surface area contributed by atoms with Gasteiger partial charge in [-0.1, -0.05) is 34.1 Å². The Kier molecular flexibility index (Phi) is 4.78. The van der Waals surface area contributed by atoms with Gasteiger partial charge in [-0.25, -0.2) is 4.39 Å². The summed E-state index contributed by atoms with van der Waals surface area (Å²) in [7, 11) is 0. The molecule has 0 bridgehead atoms. The van der Waals surface area contributed by atoms with Crippen molar-refractivity contribution in [3.63, 3.8) is 0 Å². The molecule has 0 aliphatic rings. The predicted octanol–water partition coefficient (Wildman–Crippen LogP) is 4.44. The Morgan fingerprint density at radius 1 is 1.10 bits per heavy atom. The number of hydrogen-bond donors (Lipinski definition) is 1. The molecule has 0 atom stereocenters. The van der Waals surface area contributed by atoms with Gasteiger partial charge in [-0.2, -0.15) is 0 Å². The summed E-state index contributed by atoms with van der Waals surface area (Å²) in [6, 6.07) is 9.11. The van der Waals surface area contributed by atoms with Crippen LogP contribution in [0.25, 0.3) is 0 Å². The van der Waals surface area contributed by atoms with Gasteiger partial charge in [-0.15, -0.1) is 0 Å². The van der Waals surface area contributed by atoms with Gasteiger partial charge in [0.1, 0.15) is 5.82 Å². The molecule has 0 saturated heterocycles. The molecule has 0 spiro atoms. The quantitative estimate of drug-likeness (QED) is 0.871. The van der Waals surface area contributed by atoms with Crippen LogP contribution in [0.1, 0.15) is 32.6 Å². The van der Waals surface area contributed by atoms with E-state index in [4.69, 9.17) is 0 Å². The fourth-order valence-electron chi connectivity index (χ4n) is 2.25. The third-order valence-electron chi connectivity index (χ3n) is 3.39. The molecule has 0 aromatic heterocycles. The minimum Gasteiger partial charge on any atom is -0.348 e. The van der Waals surface area contributed by atoms with Crippen LogP contribution in [-0.2, 0) is 6.54 Å². The highest BCUT2D eigenvalue weighted by molar-refractivity contribution is 9.10. The highest BCUT2D eigenvalue weighted by atomic mass is 79.9. The van der Waals surface area contributed by atoms with E-state index in [1.807, 2.05) is 19.1 Å². The second-order valence-corrected chi connectivity index (χ2v) is 6.10. The number of nitrogens with one attached hydrogen (secondary N) is 1. The van der Waals surface area contributed by atoms with E-state index in [1.54, 1.807) is 32.0 Å². The normalized spacial score (nSPS) is 10.5. The minimum atomic E-state index is -0.187.